The number of benzene rings is 1. The lowest BCUT2D eigenvalue weighted by atomic mass is 10.1. The first kappa shape index (κ1) is 13.8. The number of aliphatic hydroxyl groups is 1. The van der Waals surface area contributed by atoms with Gasteiger partial charge in [-0.15, -0.1) is 0 Å². The minimum absolute atomic E-state index is 0.0177. The average Bonchev–Trinajstić information content (AvgIpc) is 2.46. The SMILES string of the molecule is CC(c1ccccc1Cl)N(C)c1cc(CO)ccn1. The van der Waals surface area contributed by atoms with E-state index in [1.54, 1.807) is 12.3 Å². The van der Waals surface area contributed by atoms with Crippen LogP contribution < -0.4 is 4.90 Å². The van der Waals surface area contributed by atoms with E-state index in [0.717, 1.165) is 22.0 Å². The van der Waals surface area contributed by atoms with Gasteiger partial charge in [-0.1, -0.05) is 29.8 Å². The lowest BCUT2D eigenvalue weighted by Gasteiger charge is -2.27. The minimum atomic E-state index is 0.0177. The summed E-state index contributed by atoms with van der Waals surface area (Å²) in [5, 5.41) is 9.93. The maximum Gasteiger partial charge on any atom is 0.129 e. The predicted octanol–water partition coefficient (Wildman–Crippen LogP) is 3.42. The molecular weight excluding hydrogens is 260 g/mol. The van der Waals surface area contributed by atoms with Crippen LogP contribution in [0.2, 0.25) is 5.02 Å². The molecule has 0 saturated carbocycles. The van der Waals surface area contributed by atoms with Crippen LogP contribution in [0.5, 0.6) is 0 Å². The average molecular weight is 277 g/mol. The van der Waals surface area contributed by atoms with Crippen molar-refractivity contribution in [2.75, 3.05) is 11.9 Å². The van der Waals surface area contributed by atoms with E-state index in [-0.39, 0.29) is 12.6 Å². The van der Waals surface area contributed by atoms with Crippen molar-refractivity contribution in [3.63, 3.8) is 0 Å². The van der Waals surface area contributed by atoms with Crippen molar-refractivity contribution in [3.8, 4) is 0 Å². The third-order valence-corrected chi connectivity index (χ3v) is 3.63. The summed E-state index contributed by atoms with van der Waals surface area (Å²) in [6.07, 6.45) is 1.71. The molecule has 2 rings (SSSR count). The Labute approximate surface area is 118 Å². The van der Waals surface area contributed by atoms with Gasteiger partial charge in [0.05, 0.1) is 12.6 Å². The second-order valence-corrected chi connectivity index (χ2v) is 4.90. The van der Waals surface area contributed by atoms with E-state index < -0.39 is 0 Å². The summed E-state index contributed by atoms with van der Waals surface area (Å²) in [4.78, 5) is 6.38. The van der Waals surface area contributed by atoms with Gasteiger partial charge in [0.2, 0.25) is 0 Å². The zero-order chi connectivity index (χ0) is 13.8. The number of hydrogen-bond donors (Lipinski definition) is 1. The fourth-order valence-corrected chi connectivity index (χ4v) is 2.27. The largest absolute Gasteiger partial charge is 0.392 e. The van der Waals surface area contributed by atoms with Crippen LogP contribution >= 0.6 is 11.6 Å². The molecule has 0 saturated heterocycles. The Hall–Kier alpha value is -1.58. The van der Waals surface area contributed by atoms with Crippen molar-refractivity contribution >= 4 is 17.4 Å². The molecule has 0 spiro atoms. The quantitative estimate of drug-likeness (QED) is 0.929. The second kappa shape index (κ2) is 6.04. The van der Waals surface area contributed by atoms with Crippen LogP contribution in [0.4, 0.5) is 5.82 Å². The lowest BCUT2D eigenvalue weighted by molar-refractivity contribution is 0.281. The Bertz CT molecular complexity index is 559. The normalized spacial score (nSPS) is 12.2. The number of rotatable bonds is 4. The number of pyridine rings is 1. The number of anilines is 1. The first-order valence-electron chi connectivity index (χ1n) is 6.16. The van der Waals surface area contributed by atoms with Crippen LogP contribution in [0, 0.1) is 0 Å². The Morgan fingerprint density at radius 2 is 2.05 bits per heavy atom. The fraction of sp³-hybridized carbons (Fsp3) is 0.267. The number of hydrogen-bond acceptors (Lipinski definition) is 3. The molecule has 1 atom stereocenters. The van der Waals surface area contributed by atoms with E-state index in [9.17, 15) is 5.11 Å². The van der Waals surface area contributed by atoms with Gasteiger partial charge in [0.1, 0.15) is 5.82 Å². The van der Waals surface area contributed by atoms with Gasteiger partial charge in [0.15, 0.2) is 0 Å². The summed E-state index contributed by atoms with van der Waals surface area (Å²) in [5.41, 5.74) is 1.91. The van der Waals surface area contributed by atoms with Crippen LogP contribution in [0.3, 0.4) is 0 Å². The fourth-order valence-electron chi connectivity index (χ4n) is 1.97. The number of nitrogens with zero attached hydrogens (tertiary/aromatic N) is 2. The smallest absolute Gasteiger partial charge is 0.129 e. The van der Waals surface area contributed by atoms with Crippen LogP contribution in [0.1, 0.15) is 24.1 Å². The molecule has 1 heterocycles. The van der Waals surface area contributed by atoms with Gasteiger partial charge in [0.25, 0.3) is 0 Å². The number of aliphatic hydroxyl groups excluding tert-OH is 1. The highest BCUT2D eigenvalue weighted by molar-refractivity contribution is 6.31. The highest BCUT2D eigenvalue weighted by Gasteiger charge is 2.15. The maximum atomic E-state index is 9.18. The molecule has 0 amide bonds. The van der Waals surface area contributed by atoms with Gasteiger partial charge >= 0.3 is 0 Å². The van der Waals surface area contributed by atoms with E-state index in [1.165, 1.54) is 0 Å². The molecule has 1 N–H and O–H groups in total. The van der Waals surface area contributed by atoms with E-state index in [0.29, 0.717) is 0 Å². The standard InChI is InChI=1S/C15H17ClN2O/c1-11(13-5-3-4-6-14(13)16)18(2)15-9-12(10-19)7-8-17-15/h3-9,11,19H,10H2,1-2H3. The van der Waals surface area contributed by atoms with Gasteiger partial charge in [-0.25, -0.2) is 4.98 Å². The van der Waals surface area contributed by atoms with Crippen LogP contribution in [0.25, 0.3) is 0 Å². The highest BCUT2D eigenvalue weighted by Crippen LogP contribution is 2.29. The first-order valence-corrected chi connectivity index (χ1v) is 6.54. The Morgan fingerprint density at radius 1 is 1.32 bits per heavy atom. The van der Waals surface area contributed by atoms with E-state index in [4.69, 9.17) is 11.6 Å². The predicted molar refractivity (Wildman–Crippen MR) is 78.4 cm³/mol. The van der Waals surface area contributed by atoms with Crippen LogP contribution in [-0.4, -0.2) is 17.1 Å². The molecule has 0 fully saturated rings. The molecule has 100 valence electrons. The molecule has 19 heavy (non-hydrogen) atoms. The monoisotopic (exact) mass is 276 g/mol. The second-order valence-electron chi connectivity index (χ2n) is 4.49. The summed E-state index contributed by atoms with van der Waals surface area (Å²) in [6, 6.07) is 11.6. The topological polar surface area (TPSA) is 36.4 Å². The van der Waals surface area contributed by atoms with Gasteiger partial charge in [-0.2, -0.15) is 0 Å². The van der Waals surface area contributed by atoms with Gasteiger partial charge in [-0.3, -0.25) is 0 Å². The minimum Gasteiger partial charge on any atom is -0.392 e. The van der Waals surface area contributed by atoms with Gasteiger partial charge in [-0.05, 0) is 36.2 Å². The molecule has 4 heteroatoms. The van der Waals surface area contributed by atoms with Crippen LogP contribution in [-0.2, 0) is 6.61 Å². The maximum absolute atomic E-state index is 9.18. The summed E-state index contributed by atoms with van der Waals surface area (Å²) in [5.74, 6) is 0.818. The zero-order valence-electron chi connectivity index (χ0n) is 11.0. The summed E-state index contributed by atoms with van der Waals surface area (Å²) < 4.78 is 0. The van der Waals surface area contributed by atoms with Gasteiger partial charge in [0, 0.05) is 18.3 Å². The van der Waals surface area contributed by atoms with E-state index >= 15 is 0 Å². The molecule has 0 aliphatic heterocycles. The molecule has 0 aliphatic carbocycles. The van der Waals surface area contributed by atoms with Gasteiger partial charge < -0.3 is 10.0 Å². The lowest BCUT2D eigenvalue weighted by Crippen LogP contribution is -2.23. The van der Waals surface area contributed by atoms with Crippen molar-refractivity contribution < 1.29 is 5.11 Å². The Morgan fingerprint density at radius 3 is 2.74 bits per heavy atom. The van der Waals surface area contributed by atoms with Crippen molar-refractivity contribution in [2.45, 2.75) is 19.6 Å². The molecule has 0 radical (unpaired) electrons. The zero-order valence-corrected chi connectivity index (χ0v) is 11.8. The summed E-state index contributed by atoms with van der Waals surface area (Å²) >= 11 is 6.22. The molecule has 1 aromatic heterocycles. The van der Waals surface area contributed by atoms with Crippen molar-refractivity contribution in [1.82, 2.24) is 4.98 Å². The molecule has 3 nitrogen and oxygen atoms in total. The highest BCUT2D eigenvalue weighted by atomic mass is 35.5. The van der Waals surface area contributed by atoms with E-state index in [2.05, 4.69) is 11.9 Å². The molecule has 1 unspecified atom stereocenters. The molecule has 1 aromatic carbocycles. The van der Waals surface area contributed by atoms with Crippen LogP contribution in [0.15, 0.2) is 42.6 Å². The summed E-state index contributed by atoms with van der Waals surface area (Å²) in [7, 11) is 1.97. The number of aromatic nitrogens is 1. The molecule has 0 aliphatic rings. The third kappa shape index (κ3) is 3.06. The van der Waals surface area contributed by atoms with Crippen molar-refractivity contribution in [3.05, 3.63) is 58.7 Å². The van der Waals surface area contributed by atoms with E-state index in [1.807, 2.05) is 42.3 Å². The molecular formula is C15H17ClN2O. The Balaban J connectivity index is 2.28. The number of halogens is 1. The molecule has 0 bridgehead atoms. The summed E-state index contributed by atoms with van der Waals surface area (Å²) in [6.45, 7) is 2.10. The Kier molecular flexibility index (Phi) is 4.40. The third-order valence-electron chi connectivity index (χ3n) is 3.29. The molecule has 2 aromatic rings. The first-order chi connectivity index (χ1) is 9.13. The van der Waals surface area contributed by atoms with Crippen molar-refractivity contribution in [1.29, 1.82) is 0 Å². The van der Waals surface area contributed by atoms with Crippen molar-refractivity contribution in [2.24, 2.45) is 0 Å².